The van der Waals surface area contributed by atoms with Gasteiger partial charge < -0.3 is 0 Å². The van der Waals surface area contributed by atoms with Crippen LogP contribution in [0.2, 0.25) is 0 Å². The van der Waals surface area contributed by atoms with Gasteiger partial charge in [0.15, 0.2) is 0 Å². The monoisotopic (exact) mass is 603 g/mol. The Hall–Kier alpha value is -4.75. The summed E-state index contributed by atoms with van der Waals surface area (Å²) >= 11 is 0.128. The van der Waals surface area contributed by atoms with Gasteiger partial charge in [-0.2, -0.15) is 0 Å². The summed E-state index contributed by atoms with van der Waals surface area (Å²) < 4.78 is 27.3. The molecular weight excluding hydrogens is 578 g/mol. The maximum atomic E-state index is 15.7. The van der Waals surface area contributed by atoms with Crippen molar-refractivity contribution in [3.63, 3.8) is 0 Å². The Bertz CT molecular complexity index is 2480. The number of hydrogen-bond donors (Lipinski definition) is 0. The van der Waals surface area contributed by atoms with Crippen molar-refractivity contribution in [2.45, 2.75) is 0 Å². The number of hydrogen-bond acceptors (Lipinski definition) is 0. The zero-order valence-electron chi connectivity index (χ0n) is 23.5. The Kier molecular flexibility index (Phi) is 4.97. The van der Waals surface area contributed by atoms with Gasteiger partial charge >= 0.3 is 250 Å². The van der Waals surface area contributed by atoms with Crippen LogP contribution in [0.4, 0.5) is 4.39 Å². The van der Waals surface area contributed by atoms with Crippen molar-refractivity contribution in [2.75, 3.05) is 0 Å². The van der Waals surface area contributed by atoms with E-state index < -0.39 is 0 Å². The molecule has 1 heterocycles. The van der Waals surface area contributed by atoms with E-state index in [4.69, 9.17) is 1.37 Å². The van der Waals surface area contributed by atoms with Crippen LogP contribution in [-0.2, 0) is 0 Å². The van der Waals surface area contributed by atoms with Gasteiger partial charge in [0.2, 0.25) is 0 Å². The molecular formula is C40H23FSe. The van der Waals surface area contributed by atoms with E-state index in [1.165, 1.54) is 30.4 Å². The summed E-state index contributed by atoms with van der Waals surface area (Å²) in [5.74, 6) is -0.157. The van der Waals surface area contributed by atoms with Gasteiger partial charge in [-0.1, -0.05) is 0 Å². The molecule has 0 N–H and O–H groups in total. The molecule has 1 aromatic heterocycles. The van der Waals surface area contributed by atoms with Crippen LogP contribution in [0, 0.1) is 5.82 Å². The minimum atomic E-state index is -0.157. The first-order chi connectivity index (χ1) is 21.2. The van der Waals surface area contributed by atoms with Crippen LogP contribution in [0.25, 0.3) is 84.6 Å². The van der Waals surface area contributed by atoms with Gasteiger partial charge in [-0.25, -0.2) is 0 Å². The van der Waals surface area contributed by atoms with E-state index in [1.54, 1.807) is 0 Å². The van der Waals surface area contributed by atoms with Crippen molar-refractivity contribution in [3.05, 3.63) is 145 Å². The summed E-state index contributed by atoms with van der Waals surface area (Å²) in [7, 11) is 0. The molecule has 9 aromatic rings. The van der Waals surface area contributed by atoms with Crippen molar-refractivity contribution in [1.82, 2.24) is 0 Å². The van der Waals surface area contributed by atoms with E-state index in [1.807, 2.05) is 48.5 Å². The second-order valence-electron chi connectivity index (χ2n) is 10.9. The number of benzene rings is 8. The van der Waals surface area contributed by atoms with Crippen LogP contribution >= 0.6 is 0 Å². The van der Waals surface area contributed by atoms with Gasteiger partial charge in [0.25, 0.3) is 0 Å². The van der Waals surface area contributed by atoms with Gasteiger partial charge in [0.05, 0.1) is 0 Å². The predicted octanol–water partition coefficient (Wildman–Crippen LogP) is 11.1. The predicted molar refractivity (Wildman–Crippen MR) is 179 cm³/mol. The Balaban J connectivity index is 1.36. The molecule has 2 heteroatoms. The molecule has 9 rings (SSSR count). The molecule has 42 heavy (non-hydrogen) atoms. The normalized spacial score (nSPS) is 12.3. The molecule has 0 aliphatic heterocycles. The number of rotatable bonds is 2. The Morgan fingerprint density at radius 1 is 0.476 bits per heavy atom. The van der Waals surface area contributed by atoms with Crippen molar-refractivity contribution in [3.8, 4) is 22.3 Å². The first-order valence-electron chi connectivity index (χ1n) is 14.6. The van der Waals surface area contributed by atoms with Crippen LogP contribution in [0.15, 0.2) is 140 Å². The van der Waals surface area contributed by atoms with Crippen molar-refractivity contribution >= 4 is 76.9 Å². The van der Waals surface area contributed by atoms with E-state index in [9.17, 15) is 0 Å². The standard InChI is InChI=1S/C40H23FSe/c41-40-31-16-7-5-14-29(31)38(30-15-6-8-17-32(30)40)34-18-9-19-35-39(34)33-21-20-26(23-36(33)42-35)37-27-12-3-1-10-24(27)22-25-11-2-4-13-28(25)37/h1-23H/i22D. The van der Waals surface area contributed by atoms with Gasteiger partial charge in [-0.15, -0.1) is 0 Å². The van der Waals surface area contributed by atoms with E-state index in [0.29, 0.717) is 16.8 Å². The number of fused-ring (bicyclic) bond motifs is 7. The molecule has 0 atom stereocenters. The molecule has 8 aromatic carbocycles. The second-order valence-corrected chi connectivity index (χ2v) is 13.1. The fourth-order valence-corrected chi connectivity index (χ4v) is 9.23. The van der Waals surface area contributed by atoms with Gasteiger partial charge in [-0.05, 0) is 0 Å². The summed E-state index contributed by atoms with van der Waals surface area (Å²) in [4.78, 5) is 0. The molecule has 196 valence electrons. The molecule has 0 saturated carbocycles. The van der Waals surface area contributed by atoms with E-state index in [-0.39, 0.29) is 20.3 Å². The summed E-state index contributed by atoms with van der Waals surface area (Å²) in [6.45, 7) is 0. The van der Waals surface area contributed by atoms with Crippen LogP contribution in [0.5, 0.6) is 0 Å². The summed E-state index contributed by atoms with van der Waals surface area (Å²) in [5, 5.41) is 9.90. The van der Waals surface area contributed by atoms with Crippen LogP contribution in [0.1, 0.15) is 1.37 Å². The minimum absolute atomic E-state index is 0.128. The molecule has 0 bridgehead atoms. The molecule has 0 amide bonds. The fraction of sp³-hybridized carbons (Fsp3) is 0. The van der Waals surface area contributed by atoms with Crippen molar-refractivity contribution < 1.29 is 5.76 Å². The third-order valence-corrected chi connectivity index (χ3v) is 10.9. The van der Waals surface area contributed by atoms with Crippen molar-refractivity contribution in [2.24, 2.45) is 0 Å². The molecule has 0 radical (unpaired) electrons. The molecule has 0 spiro atoms. The SMILES string of the molecule is [2H]c1c2ccccc2c(-c2ccc3c(c2)[se]c2cccc(-c4c5ccccc5c(F)c5ccccc45)c23)c2ccccc12. The molecule has 0 fully saturated rings. The molecule has 0 nitrogen and oxygen atoms in total. The first kappa shape index (κ1) is 22.9. The maximum absolute atomic E-state index is 15.7. The third-order valence-electron chi connectivity index (χ3n) is 8.58. The molecule has 0 unspecified atom stereocenters. The van der Waals surface area contributed by atoms with Crippen molar-refractivity contribution in [1.29, 1.82) is 0 Å². The van der Waals surface area contributed by atoms with E-state index in [0.717, 1.165) is 43.4 Å². The average molecular weight is 603 g/mol. The summed E-state index contributed by atoms with van der Waals surface area (Å²) in [6.07, 6.45) is 0. The summed E-state index contributed by atoms with van der Waals surface area (Å²) in [6, 6.07) is 46.4. The van der Waals surface area contributed by atoms with Crippen LogP contribution in [0.3, 0.4) is 0 Å². The van der Waals surface area contributed by atoms with E-state index in [2.05, 4.69) is 84.9 Å². The Labute approximate surface area is 249 Å². The van der Waals surface area contributed by atoms with Crippen LogP contribution < -0.4 is 0 Å². The van der Waals surface area contributed by atoms with Gasteiger partial charge in [0.1, 0.15) is 0 Å². The third kappa shape index (κ3) is 3.40. The molecule has 0 saturated heterocycles. The second kappa shape index (κ2) is 9.13. The quantitative estimate of drug-likeness (QED) is 0.136. The molecule has 0 aliphatic rings. The molecule has 0 aliphatic carbocycles. The van der Waals surface area contributed by atoms with Crippen LogP contribution in [-0.4, -0.2) is 14.5 Å². The number of halogens is 1. The zero-order chi connectivity index (χ0) is 28.7. The van der Waals surface area contributed by atoms with E-state index >= 15 is 4.39 Å². The Morgan fingerprint density at radius 2 is 1.05 bits per heavy atom. The fourth-order valence-electron chi connectivity index (χ4n) is 6.78. The first-order valence-corrected chi connectivity index (χ1v) is 15.9. The zero-order valence-corrected chi connectivity index (χ0v) is 24.2. The Morgan fingerprint density at radius 3 is 1.69 bits per heavy atom. The van der Waals surface area contributed by atoms with Gasteiger partial charge in [-0.3, -0.25) is 0 Å². The average Bonchev–Trinajstić information content (AvgIpc) is 3.44. The summed E-state index contributed by atoms with van der Waals surface area (Å²) in [5.41, 5.74) is 4.63. The topological polar surface area (TPSA) is 0 Å². The van der Waals surface area contributed by atoms with Gasteiger partial charge in [0, 0.05) is 0 Å².